The fourth-order valence-corrected chi connectivity index (χ4v) is 7.16. The first-order valence-corrected chi connectivity index (χ1v) is 18.7. The molecule has 0 radical (unpaired) electrons. The highest BCUT2D eigenvalue weighted by Crippen LogP contribution is 2.30. The van der Waals surface area contributed by atoms with Crippen LogP contribution in [0.25, 0.3) is 0 Å². The number of nitrogens with one attached hydrogen (secondary N) is 1. The number of aryl methyl sites for hydroxylation is 1. The molecule has 0 fully saturated rings. The average molecular weight is 745 g/mol. The largest absolute Gasteiger partial charge is 0.457 e. The van der Waals surface area contributed by atoms with Gasteiger partial charge in [0, 0.05) is 19.5 Å². The molecule has 51 heavy (non-hydrogen) atoms. The molecule has 5 rings (SSSR count). The van der Waals surface area contributed by atoms with Crippen LogP contribution < -0.4 is 14.4 Å². The Kier molecular flexibility index (Phi) is 12.8. The van der Waals surface area contributed by atoms with E-state index >= 15 is 0 Å². The molecular formula is C40H39Cl2N3O5S. The zero-order chi connectivity index (χ0) is 36.4. The highest BCUT2D eigenvalue weighted by Gasteiger charge is 2.34. The van der Waals surface area contributed by atoms with Crippen LogP contribution in [0.2, 0.25) is 10.0 Å². The quantitative estimate of drug-likeness (QED) is 0.116. The van der Waals surface area contributed by atoms with Gasteiger partial charge in [-0.3, -0.25) is 13.9 Å². The molecule has 0 saturated heterocycles. The van der Waals surface area contributed by atoms with Crippen molar-refractivity contribution in [2.24, 2.45) is 0 Å². The Labute approximate surface area is 309 Å². The number of hydrogen-bond donors (Lipinski definition) is 1. The van der Waals surface area contributed by atoms with Crippen molar-refractivity contribution in [3.63, 3.8) is 0 Å². The van der Waals surface area contributed by atoms with Crippen molar-refractivity contribution in [2.45, 2.75) is 44.2 Å². The molecule has 0 unspecified atom stereocenters. The fraction of sp³-hybridized carbons (Fsp3) is 0.200. The number of anilines is 1. The number of benzene rings is 5. The Balaban J connectivity index is 1.56. The lowest BCUT2D eigenvalue weighted by Gasteiger charge is -2.34. The van der Waals surface area contributed by atoms with Gasteiger partial charge in [0.2, 0.25) is 11.8 Å². The summed E-state index contributed by atoms with van der Waals surface area (Å²) < 4.78 is 35.7. The first kappa shape index (κ1) is 37.4. The SMILES string of the molecule is CCCNC(=O)[C@@H](Cc1ccccc1)N(Cc1ccc(Cl)c(Cl)c1)C(=O)CN(c1ccc(Oc2ccccc2)cc1)S(=O)(=O)c1ccc(C)cc1. The van der Waals surface area contributed by atoms with Gasteiger partial charge in [0.25, 0.3) is 10.0 Å². The minimum absolute atomic E-state index is 0.0167. The van der Waals surface area contributed by atoms with E-state index in [1.807, 2.05) is 74.5 Å². The molecule has 264 valence electrons. The predicted molar refractivity (Wildman–Crippen MR) is 203 cm³/mol. The van der Waals surface area contributed by atoms with Gasteiger partial charge in [0.05, 0.1) is 20.6 Å². The Morgan fingerprint density at radius 1 is 0.765 bits per heavy atom. The Hall–Kier alpha value is -4.83. The average Bonchev–Trinajstić information content (AvgIpc) is 3.13. The molecule has 5 aromatic carbocycles. The van der Waals surface area contributed by atoms with Gasteiger partial charge in [-0.2, -0.15) is 0 Å². The van der Waals surface area contributed by atoms with E-state index < -0.39 is 28.5 Å². The third-order valence-electron chi connectivity index (χ3n) is 8.15. The third-order valence-corrected chi connectivity index (χ3v) is 10.7. The number of ether oxygens (including phenoxy) is 1. The molecule has 0 aliphatic rings. The summed E-state index contributed by atoms with van der Waals surface area (Å²) in [7, 11) is -4.27. The van der Waals surface area contributed by atoms with Crippen molar-refractivity contribution in [1.29, 1.82) is 0 Å². The Bertz CT molecular complexity index is 2030. The second kappa shape index (κ2) is 17.4. The number of carbonyl (C=O) groups is 2. The van der Waals surface area contributed by atoms with Gasteiger partial charge in [-0.15, -0.1) is 0 Å². The number of nitrogens with zero attached hydrogens (tertiary/aromatic N) is 2. The van der Waals surface area contributed by atoms with Crippen LogP contribution in [-0.4, -0.2) is 44.3 Å². The van der Waals surface area contributed by atoms with Crippen molar-refractivity contribution in [2.75, 3.05) is 17.4 Å². The molecule has 0 aromatic heterocycles. The van der Waals surface area contributed by atoms with Crippen LogP contribution in [0.1, 0.15) is 30.0 Å². The molecule has 0 saturated carbocycles. The lowest BCUT2D eigenvalue weighted by atomic mass is 10.0. The van der Waals surface area contributed by atoms with Gasteiger partial charge >= 0.3 is 0 Å². The first-order valence-electron chi connectivity index (χ1n) is 16.5. The zero-order valence-corrected chi connectivity index (χ0v) is 30.7. The summed E-state index contributed by atoms with van der Waals surface area (Å²) in [5.41, 5.74) is 2.58. The lowest BCUT2D eigenvalue weighted by molar-refractivity contribution is -0.140. The molecule has 0 heterocycles. The molecule has 1 atom stereocenters. The fourth-order valence-electron chi connectivity index (χ4n) is 5.43. The van der Waals surface area contributed by atoms with Crippen molar-refractivity contribution < 1.29 is 22.7 Å². The van der Waals surface area contributed by atoms with Gasteiger partial charge < -0.3 is 15.0 Å². The summed E-state index contributed by atoms with van der Waals surface area (Å²) in [6, 6.07) is 35.5. The predicted octanol–water partition coefficient (Wildman–Crippen LogP) is 8.46. The monoisotopic (exact) mass is 743 g/mol. The van der Waals surface area contributed by atoms with E-state index in [0.29, 0.717) is 35.1 Å². The molecule has 8 nitrogen and oxygen atoms in total. The van der Waals surface area contributed by atoms with E-state index in [1.54, 1.807) is 54.6 Å². The summed E-state index contributed by atoms with van der Waals surface area (Å²) in [6.45, 7) is 3.58. The third kappa shape index (κ3) is 9.91. The summed E-state index contributed by atoms with van der Waals surface area (Å²) in [5.74, 6) is 0.160. The lowest BCUT2D eigenvalue weighted by Crippen LogP contribution is -2.53. The number of para-hydroxylation sites is 1. The number of hydrogen-bond acceptors (Lipinski definition) is 5. The van der Waals surface area contributed by atoms with Crippen LogP contribution in [0.3, 0.4) is 0 Å². The molecule has 2 amide bonds. The van der Waals surface area contributed by atoms with Crippen molar-refractivity contribution in [1.82, 2.24) is 10.2 Å². The first-order chi connectivity index (χ1) is 24.5. The van der Waals surface area contributed by atoms with Crippen molar-refractivity contribution in [3.8, 4) is 11.5 Å². The minimum atomic E-state index is -4.27. The second-order valence-electron chi connectivity index (χ2n) is 12.0. The smallest absolute Gasteiger partial charge is 0.264 e. The molecule has 0 aliphatic heterocycles. The highest BCUT2D eigenvalue weighted by atomic mass is 35.5. The van der Waals surface area contributed by atoms with Gasteiger partial charge in [-0.25, -0.2) is 8.42 Å². The molecular weight excluding hydrogens is 705 g/mol. The maximum Gasteiger partial charge on any atom is 0.264 e. The van der Waals surface area contributed by atoms with Gasteiger partial charge in [-0.1, -0.05) is 102 Å². The van der Waals surface area contributed by atoms with Crippen molar-refractivity contribution >= 4 is 50.7 Å². The van der Waals surface area contributed by atoms with Gasteiger partial charge in [-0.05, 0) is 85.1 Å². The van der Waals surface area contributed by atoms with Crippen LogP contribution in [0.4, 0.5) is 5.69 Å². The molecule has 0 spiro atoms. The van der Waals surface area contributed by atoms with E-state index in [-0.39, 0.29) is 34.5 Å². The summed E-state index contributed by atoms with van der Waals surface area (Å²) >= 11 is 12.6. The molecule has 11 heteroatoms. The normalized spacial score (nSPS) is 11.8. The second-order valence-corrected chi connectivity index (χ2v) is 14.7. The maximum atomic E-state index is 14.7. The van der Waals surface area contributed by atoms with Crippen LogP contribution in [0, 0.1) is 6.92 Å². The van der Waals surface area contributed by atoms with E-state index in [9.17, 15) is 18.0 Å². The maximum absolute atomic E-state index is 14.7. The number of sulfonamides is 1. The molecule has 1 N–H and O–H groups in total. The van der Waals surface area contributed by atoms with Gasteiger partial charge in [0.15, 0.2) is 0 Å². The van der Waals surface area contributed by atoms with Crippen LogP contribution in [-0.2, 0) is 32.6 Å². The standard InChI is InChI=1S/C40H39Cl2N3O5S/c1-3-24-43-40(47)38(26-30-10-6-4-7-11-30)44(27-31-16-23-36(41)37(42)25-31)39(46)28-45(51(48,49)35-21-14-29(2)15-22-35)32-17-19-34(20-18-32)50-33-12-8-5-9-13-33/h4-23,25,38H,3,24,26-28H2,1-2H3,(H,43,47)/t38-/m1/s1. The van der Waals surface area contributed by atoms with Crippen LogP contribution in [0.5, 0.6) is 11.5 Å². The summed E-state index contributed by atoms with van der Waals surface area (Å²) in [6.07, 6.45) is 0.886. The Morgan fingerprint density at radius 3 is 2.02 bits per heavy atom. The van der Waals surface area contributed by atoms with Crippen LogP contribution >= 0.6 is 23.2 Å². The van der Waals surface area contributed by atoms with E-state index in [1.165, 1.54) is 17.0 Å². The number of carbonyl (C=O) groups excluding carboxylic acids is 2. The molecule has 5 aromatic rings. The van der Waals surface area contributed by atoms with Crippen LogP contribution in [0.15, 0.2) is 132 Å². The Morgan fingerprint density at radius 2 is 1.39 bits per heavy atom. The summed E-state index contributed by atoms with van der Waals surface area (Å²) in [5, 5.41) is 3.57. The summed E-state index contributed by atoms with van der Waals surface area (Å²) in [4.78, 5) is 30.0. The number of rotatable bonds is 15. The zero-order valence-electron chi connectivity index (χ0n) is 28.3. The number of amides is 2. The number of halogens is 2. The minimum Gasteiger partial charge on any atom is -0.457 e. The molecule has 0 bridgehead atoms. The van der Waals surface area contributed by atoms with E-state index in [0.717, 1.165) is 15.4 Å². The van der Waals surface area contributed by atoms with Crippen molar-refractivity contribution in [3.05, 3.63) is 154 Å². The van der Waals surface area contributed by atoms with Gasteiger partial charge in [0.1, 0.15) is 24.1 Å². The van der Waals surface area contributed by atoms with E-state index in [4.69, 9.17) is 27.9 Å². The highest BCUT2D eigenvalue weighted by molar-refractivity contribution is 7.92. The topological polar surface area (TPSA) is 96.0 Å². The van der Waals surface area contributed by atoms with E-state index in [2.05, 4.69) is 5.32 Å². The molecule has 0 aliphatic carbocycles.